The summed E-state index contributed by atoms with van der Waals surface area (Å²) in [7, 11) is 0. The summed E-state index contributed by atoms with van der Waals surface area (Å²) in [6, 6.07) is 3.81. The van der Waals surface area contributed by atoms with Crippen molar-refractivity contribution < 1.29 is 29.6 Å². The number of phenols is 3. The molecule has 0 bridgehead atoms. The van der Waals surface area contributed by atoms with Gasteiger partial charge in [0, 0.05) is 11.1 Å². The predicted molar refractivity (Wildman–Crippen MR) is 144 cm³/mol. The highest BCUT2D eigenvalue weighted by Gasteiger charge is 2.33. The van der Waals surface area contributed by atoms with Gasteiger partial charge < -0.3 is 29.6 Å². The lowest BCUT2D eigenvalue weighted by atomic mass is 9.91. The number of ether oxygens (including phenoxy) is 1. The molecule has 0 saturated carbocycles. The third kappa shape index (κ3) is 4.94. The van der Waals surface area contributed by atoms with E-state index in [0.717, 1.165) is 12.0 Å². The van der Waals surface area contributed by atoms with Crippen LogP contribution in [0.25, 0.3) is 28.4 Å². The van der Waals surface area contributed by atoms with Crippen LogP contribution in [0.3, 0.4) is 0 Å². The lowest BCUT2D eigenvalue weighted by molar-refractivity contribution is 0.127. The quantitative estimate of drug-likeness (QED) is 0.218. The molecular weight excluding hydrogens is 472 g/mol. The Labute approximate surface area is 215 Å². The van der Waals surface area contributed by atoms with Crippen LogP contribution in [0.15, 0.2) is 56.8 Å². The van der Waals surface area contributed by atoms with E-state index in [1.165, 1.54) is 23.8 Å². The van der Waals surface area contributed by atoms with E-state index in [-0.39, 0.29) is 33.8 Å². The fourth-order valence-corrected chi connectivity index (χ4v) is 4.39. The van der Waals surface area contributed by atoms with Gasteiger partial charge in [0.05, 0.1) is 5.56 Å². The SMILES string of the molecule is CC(C)=CCC[C@@]1(C)C=Cc2c(c(CC=C(C)C)c(O)c3c(=O)c(O)c(-c4ccc(O)c(O)c4)oc23)O1. The van der Waals surface area contributed by atoms with Crippen molar-refractivity contribution in [1.82, 2.24) is 0 Å². The first-order valence-corrected chi connectivity index (χ1v) is 12.2. The zero-order chi connectivity index (χ0) is 27.1. The number of aromatic hydroxyl groups is 4. The second kappa shape index (κ2) is 9.73. The van der Waals surface area contributed by atoms with Crippen LogP contribution in [0.1, 0.15) is 58.6 Å². The highest BCUT2D eigenvalue weighted by atomic mass is 16.5. The Kier molecular flexibility index (Phi) is 6.82. The van der Waals surface area contributed by atoms with Crippen molar-refractivity contribution in [3.8, 4) is 40.1 Å². The Bertz CT molecular complexity index is 1530. The Balaban J connectivity index is 1.99. The number of benzene rings is 2. The van der Waals surface area contributed by atoms with Crippen LogP contribution in [0.2, 0.25) is 0 Å². The summed E-state index contributed by atoms with van der Waals surface area (Å²) >= 11 is 0. The van der Waals surface area contributed by atoms with E-state index in [1.54, 1.807) is 0 Å². The first-order chi connectivity index (χ1) is 17.4. The minimum absolute atomic E-state index is 0.0569. The highest BCUT2D eigenvalue weighted by molar-refractivity contribution is 5.97. The van der Waals surface area contributed by atoms with Crippen molar-refractivity contribution in [1.29, 1.82) is 0 Å². The Morgan fingerprint density at radius 3 is 2.32 bits per heavy atom. The maximum absolute atomic E-state index is 13.3. The van der Waals surface area contributed by atoms with Gasteiger partial charge in [-0.2, -0.15) is 0 Å². The smallest absolute Gasteiger partial charge is 0.238 e. The largest absolute Gasteiger partial charge is 0.507 e. The van der Waals surface area contributed by atoms with Crippen molar-refractivity contribution in [2.24, 2.45) is 0 Å². The number of fused-ring (bicyclic) bond motifs is 3. The van der Waals surface area contributed by atoms with Gasteiger partial charge in [-0.15, -0.1) is 0 Å². The van der Waals surface area contributed by atoms with Crippen molar-refractivity contribution in [3.05, 3.63) is 68.9 Å². The van der Waals surface area contributed by atoms with Crippen LogP contribution < -0.4 is 10.2 Å². The maximum Gasteiger partial charge on any atom is 0.238 e. The maximum atomic E-state index is 13.3. The molecule has 0 spiro atoms. The standard InChI is InChI=1S/C30H32O7/c1-16(2)7-6-13-30(5)14-12-20-28(37-30)19(10-8-17(3)4)24(33)23-25(34)26(35)27(36-29(20)23)18-9-11-21(31)22(32)15-18/h7-9,11-12,14-15,31-33,35H,6,10,13H2,1-5H3/t30-/m0/s1. The fourth-order valence-electron chi connectivity index (χ4n) is 4.39. The molecule has 0 unspecified atom stereocenters. The van der Waals surface area contributed by atoms with Crippen LogP contribution in [0.4, 0.5) is 0 Å². The van der Waals surface area contributed by atoms with Gasteiger partial charge in [0.2, 0.25) is 11.2 Å². The van der Waals surface area contributed by atoms with Gasteiger partial charge in [-0.1, -0.05) is 23.3 Å². The van der Waals surface area contributed by atoms with E-state index in [0.29, 0.717) is 29.7 Å². The summed E-state index contributed by atoms with van der Waals surface area (Å²) < 4.78 is 12.5. The molecule has 0 aliphatic carbocycles. The minimum atomic E-state index is -0.812. The molecule has 4 N–H and O–H groups in total. The van der Waals surface area contributed by atoms with Gasteiger partial charge in [0.25, 0.3) is 0 Å². The summed E-state index contributed by atoms with van der Waals surface area (Å²) in [4.78, 5) is 13.3. The van der Waals surface area contributed by atoms with Gasteiger partial charge >= 0.3 is 0 Å². The van der Waals surface area contributed by atoms with Crippen molar-refractivity contribution in [2.75, 3.05) is 0 Å². The summed E-state index contributed by atoms with van der Waals surface area (Å²) in [5.41, 5.74) is 1.93. The molecule has 1 aliphatic heterocycles. The van der Waals surface area contributed by atoms with E-state index in [4.69, 9.17) is 9.15 Å². The number of hydrogen-bond acceptors (Lipinski definition) is 7. The number of phenolic OH excluding ortho intramolecular Hbond substituents is 3. The monoisotopic (exact) mass is 504 g/mol. The van der Waals surface area contributed by atoms with E-state index in [9.17, 15) is 25.2 Å². The number of hydrogen-bond donors (Lipinski definition) is 4. The minimum Gasteiger partial charge on any atom is -0.507 e. The molecule has 1 aromatic heterocycles. The fraction of sp³-hybridized carbons (Fsp3) is 0.300. The molecule has 0 amide bonds. The topological polar surface area (TPSA) is 120 Å². The summed E-state index contributed by atoms with van der Waals surface area (Å²) in [6.07, 6.45) is 9.63. The summed E-state index contributed by atoms with van der Waals surface area (Å²) in [5, 5.41) is 41.5. The predicted octanol–water partition coefficient (Wildman–Crippen LogP) is 6.70. The highest BCUT2D eigenvalue weighted by Crippen LogP contribution is 2.47. The third-order valence-corrected chi connectivity index (χ3v) is 6.46. The van der Waals surface area contributed by atoms with Crippen LogP contribution >= 0.6 is 0 Å². The first kappa shape index (κ1) is 25.9. The van der Waals surface area contributed by atoms with Crippen LogP contribution in [0.5, 0.6) is 28.7 Å². The first-order valence-electron chi connectivity index (χ1n) is 12.2. The molecule has 3 aromatic rings. The third-order valence-electron chi connectivity index (χ3n) is 6.46. The van der Waals surface area contributed by atoms with Crippen molar-refractivity contribution in [3.63, 3.8) is 0 Å². The van der Waals surface area contributed by atoms with Gasteiger partial charge in [-0.05, 0) is 84.2 Å². The normalized spacial score (nSPS) is 16.2. The van der Waals surface area contributed by atoms with Gasteiger partial charge in [0.15, 0.2) is 22.8 Å². The number of allylic oxidation sites excluding steroid dienone is 4. The Hall–Kier alpha value is -4.13. The van der Waals surface area contributed by atoms with E-state index in [1.807, 2.05) is 52.8 Å². The molecule has 2 aromatic carbocycles. The van der Waals surface area contributed by atoms with E-state index >= 15 is 0 Å². The van der Waals surface area contributed by atoms with Crippen molar-refractivity contribution >= 4 is 17.0 Å². The van der Waals surface area contributed by atoms with E-state index < -0.39 is 22.5 Å². The molecule has 0 fully saturated rings. The van der Waals surface area contributed by atoms with Gasteiger partial charge in [-0.3, -0.25) is 4.79 Å². The Morgan fingerprint density at radius 1 is 0.973 bits per heavy atom. The zero-order valence-electron chi connectivity index (χ0n) is 21.7. The lowest BCUT2D eigenvalue weighted by Gasteiger charge is -2.33. The molecule has 194 valence electrons. The molecule has 0 saturated heterocycles. The molecule has 37 heavy (non-hydrogen) atoms. The van der Waals surface area contributed by atoms with Gasteiger partial charge in [0.1, 0.15) is 22.5 Å². The van der Waals surface area contributed by atoms with Crippen LogP contribution in [-0.4, -0.2) is 26.0 Å². The molecule has 7 heteroatoms. The molecule has 1 atom stereocenters. The summed E-state index contributed by atoms with van der Waals surface area (Å²) in [6.45, 7) is 9.93. The van der Waals surface area contributed by atoms with Crippen LogP contribution in [0, 0.1) is 0 Å². The molecule has 4 rings (SSSR count). The second-order valence-electron chi connectivity index (χ2n) is 10.1. The molecule has 7 nitrogen and oxygen atoms in total. The second-order valence-corrected chi connectivity index (χ2v) is 10.1. The van der Waals surface area contributed by atoms with Gasteiger partial charge in [-0.25, -0.2) is 0 Å². The van der Waals surface area contributed by atoms with E-state index in [2.05, 4.69) is 6.08 Å². The molecule has 0 radical (unpaired) electrons. The lowest BCUT2D eigenvalue weighted by Crippen LogP contribution is -2.32. The van der Waals surface area contributed by atoms with Crippen LogP contribution in [-0.2, 0) is 6.42 Å². The molecule has 2 heterocycles. The zero-order valence-corrected chi connectivity index (χ0v) is 21.7. The van der Waals surface area contributed by atoms with Crippen molar-refractivity contribution in [2.45, 2.75) is 59.5 Å². The molecule has 1 aliphatic rings. The molecular formula is C30H32O7. The average molecular weight is 505 g/mol. The summed E-state index contributed by atoms with van der Waals surface area (Å²) in [5.74, 6) is -1.59. The average Bonchev–Trinajstić information content (AvgIpc) is 2.82. The number of rotatable bonds is 6. The Morgan fingerprint density at radius 2 is 1.68 bits per heavy atom.